The number of esters is 1. The second kappa shape index (κ2) is 7.43. The van der Waals surface area contributed by atoms with E-state index in [-0.39, 0.29) is 6.61 Å². The van der Waals surface area contributed by atoms with Gasteiger partial charge in [-0.15, -0.1) is 11.3 Å². The normalized spacial score (nSPS) is 11.6. The fourth-order valence-corrected chi connectivity index (χ4v) is 3.91. The van der Waals surface area contributed by atoms with Crippen molar-refractivity contribution in [3.8, 4) is 0 Å². The predicted molar refractivity (Wildman–Crippen MR) is 93.0 cm³/mol. The Labute approximate surface area is 139 Å². The number of aryl methyl sites for hydroxylation is 1. The fraction of sp³-hybridized carbons (Fsp3) is 0.188. The molecule has 5 nitrogen and oxygen atoms in total. The minimum absolute atomic E-state index is 0.275. The Morgan fingerprint density at radius 2 is 2.00 bits per heavy atom. The number of hydrogen-bond acceptors (Lipinski definition) is 5. The van der Waals surface area contributed by atoms with Crippen LogP contribution >= 0.6 is 11.3 Å². The topological polar surface area (TPSA) is 72.5 Å². The Kier molecular flexibility index (Phi) is 5.57. The van der Waals surface area contributed by atoms with Crippen molar-refractivity contribution in [2.45, 2.75) is 13.8 Å². The molecule has 0 fully saturated rings. The second-order valence-corrected chi connectivity index (χ2v) is 7.32. The summed E-state index contributed by atoms with van der Waals surface area (Å²) in [4.78, 5) is 12.2. The van der Waals surface area contributed by atoms with E-state index in [0.717, 1.165) is 22.3 Å². The molecule has 0 saturated carbocycles. The van der Waals surface area contributed by atoms with E-state index in [1.165, 1.54) is 6.08 Å². The van der Waals surface area contributed by atoms with Crippen LogP contribution in [0.15, 0.2) is 41.8 Å². The molecule has 1 aromatic heterocycles. The van der Waals surface area contributed by atoms with Gasteiger partial charge in [-0.05, 0) is 37.1 Å². The summed E-state index contributed by atoms with van der Waals surface area (Å²) in [7, 11) is -3.65. The van der Waals surface area contributed by atoms with E-state index in [4.69, 9.17) is 4.74 Å². The van der Waals surface area contributed by atoms with E-state index >= 15 is 0 Å². The van der Waals surface area contributed by atoms with Gasteiger partial charge < -0.3 is 4.74 Å². The zero-order valence-corrected chi connectivity index (χ0v) is 14.4. The van der Waals surface area contributed by atoms with Crippen molar-refractivity contribution < 1.29 is 17.9 Å². The molecule has 2 rings (SSSR count). The summed E-state index contributed by atoms with van der Waals surface area (Å²) in [6.45, 7) is 3.73. The number of sulfonamides is 1. The highest BCUT2D eigenvalue weighted by atomic mass is 32.2. The van der Waals surface area contributed by atoms with E-state index in [0.29, 0.717) is 15.4 Å². The van der Waals surface area contributed by atoms with Crippen molar-refractivity contribution in [1.29, 1.82) is 0 Å². The summed E-state index contributed by atoms with van der Waals surface area (Å²) in [6.07, 6.45) is 1.51. The highest BCUT2D eigenvalue weighted by molar-refractivity contribution is 7.95. The Bertz CT molecular complexity index is 808. The van der Waals surface area contributed by atoms with Crippen molar-refractivity contribution in [2.24, 2.45) is 0 Å². The first-order valence-electron chi connectivity index (χ1n) is 6.95. The predicted octanol–water partition coefficient (Wildman–Crippen LogP) is 3.65. The Morgan fingerprint density at radius 3 is 2.65 bits per heavy atom. The van der Waals surface area contributed by atoms with Gasteiger partial charge in [0.05, 0.1) is 12.0 Å². The molecule has 1 N–H and O–H groups in total. The summed E-state index contributed by atoms with van der Waals surface area (Å²) in [5.74, 6) is -0.444. The van der Waals surface area contributed by atoms with E-state index in [9.17, 15) is 13.2 Å². The lowest BCUT2D eigenvalue weighted by molar-refractivity contribution is 0.0531. The average molecular weight is 351 g/mol. The molecule has 0 aliphatic rings. The molecule has 0 spiro atoms. The number of hydrogen-bond donors (Lipinski definition) is 1. The molecule has 0 bridgehead atoms. The summed E-state index contributed by atoms with van der Waals surface area (Å²) in [5, 5.41) is 1.48. The van der Waals surface area contributed by atoms with Gasteiger partial charge in [0, 0.05) is 0 Å². The van der Waals surface area contributed by atoms with E-state index in [1.54, 1.807) is 32.0 Å². The van der Waals surface area contributed by atoms with Crippen LogP contribution in [0.5, 0.6) is 0 Å². The van der Waals surface area contributed by atoms with Crippen LogP contribution in [0.4, 0.5) is 5.00 Å². The van der Waals surface area contributed by atoms with Gasteiger partial charge in [0.15, 0.2) is 0 Å². The van der Waals surface area contributed by atoms with Gasteiger partial charge in [-0.25, -0.2) is 13.2 Å². The standard InChI is InChI=1S/C16H17NO4S2/c1-3-21-16(18)15-12(2)11-14(22-15)17-23(19,20)10-9-13-7-5-4-6-8-13/h4-11,17H,3H2,1-2H3/b10-9+. The lowest BCUT2D eigenvalue weighted by Gasteiger charge is -2.01. The summed E-state index contributed by atoms with van der Waals surface area (Å²) < 4.78 is 31.5. The van der Waals surface area contributed by atoms with Gasteiger partial charge in [-0.1, -0.05) is 30.3 Å². The minimum atomic E-state index is -3.65. The third-order valence-corrected chi connectivity index (χ3v) is 5.12. The number of anilines is 1. The quantitative estimate of drug-likeness (QED) is 0.807. The maximum Gasteiger partial charge on any atom is 0.348 e. The van der Waals surface area contributed by atoms with Crippen LogP contribution in [0, 0.1) is 6.92 Å². The van der Waals surface area contributed by atoms with E-state index in [1.807, 2.05) is 18.2 Å². The summed E-state index contributed by atoms with van der Waals surface area (Å²) in [5.41, 5.74) is 1.46. The van der Waals surface area contributed by atoms with Crippen LogP contribution in [0.3, 0.4) is 0 Å². The molecule has 1 heterocycles. The molecule has 0 aliphatic carbocycles. The highest BCUT2D eigenvalue weighted by Crippen LogP contribution is 2.28. The molecule has 1 aromatic carbocycles. The van der Waals surface area contributed by atoms with Crippen LogP contribution in [-0.2, 0) is 14.8 Å². The average Bonchev–Trinajstić information content (AvgIpc) is 2.86. The SMILES string of the molecule is CCOC(=O)c1sc(NS(=O)(=O)/C=C/c2ccccc2)cc1C. The Morgan fingerprint density at radius 1 is 1.30 bits per heavy atom. The summed E-state index contributed by atoms with van der Waals surface area (Å²) >= 11 is 1.06. The molecule has 0 unspecified atom stereocenters. The van der Waals surface area contributed by atoms with Crippen LogP contribution < -0.4 is 4.72 Å². The van der Waals surface area contributed by atoms with Crippen molar-refractivity contribution in [3.63, 3.8) is 0 Å². The maximum atomic E-state index is 12.1. The van der Waals surface area contributed by atoms with Gasteiger partial charge in [0.2, 0.25) is 0 Å². The molecule has 23 heavy (non-hydrogen) atoms. The molecular weight excluding hydrogens is 334 g/mol. The smallest absolute Gasteiger partial charge is 0.348 e. The lowest BCUT2D eigenvalue weighted by Crippen LogP contribution is -2.07. The minimum Gasteiger partial charge on any atom is -0.462 e. The third kappa shape index (κ3) is 4.94. The van der Waals surface area contributed by atoms with Crippen LogP contribution in [0.1, 0.15) is 27.7 Å². The molecule has 0 atom stereocenters. The number of benzene rings is 1. The van der Waals surface area contributed by atoms with Gasteiger partial charge >= 0.3 is 5.97 Å². The number of carbonyl (C=O) groups excluding carboxylic acids is 1. The lowest BCUT2D eigenvalue weighted by atomic mass is 10.2. The molecule has 0 amide bonds. The number of thiophene rings is 1. The first-order chi connectivity index (χ1) is 10.9. The second-order valence-electron chi connectivity index (χ2n) is 4.70. The molecular formula is C16H17NO4S2. The number of nitrogens with one attached hydrogen (secondary N) is 1. The largest absolute Gasteiger partial charge is 0.462 e. The zero-order chi connectivity index (χ0) is 16.9. The van der Waals surface area contributed by atoms with Gasteiger partial charge in [-0.3, -0.25) is 4.72 Å². The monoisotopic (exact) mass is 351 g/mol. The van der Waals surface area contributed by atoms with Crippen molar-refractivity contribution in [1.82, 2.24) is 0 Å². The van der Waals surface area contributed by atoms with Crippen molar-refractivity contribution in [3.05, 3.63) is 57.8 Å². The van der Waals surface area contributed by atoms with E-state index < -0.39 is 16.0 Å². The molecule has 0 radical (unpaired) electrons. The molecule has 2 aromatic rings. The van der Waals surface area contributed by atoms with Crippen LogP contribution in [0.25, 0.3) is 6.08 Å². The van der Waals surface area contributed by atoms with Gasteiger partial charge in [0.1, 0.15) is 9.88 Å². The molecule has 122 valence electrons. The first kappa shape index (κ1) is 17.2. The van der Waals surface area contributed by atoms with Crippen molar-refractivity contribution >= 4 is 38.4 Å². The zero-order valence-electron chi connectivity index (χ0n) is 12.8. The number of ether oxygens (including phenoxy) is 1. The van der Waals surface area contributed by atoms with Gasteiger partial charge in [0.25, 0.3) is 10.0 Å². The number of rotatable bonds is 6. The molecule has 0 saturated heterocycles. The fourth-order valence-electron chi connectivity index (χ4n) is 1.84. The highest BCUT2D eigenvalue weighted by Gasteiger charge is 2.16. The molecule has 7 heteroatoms. The maximum absolute atomic E-state index is 12.1. The van der Waals surface area contributed by atoms with Crippen molar-refractivity contribution in [2.75, 3.05) is 11.3 Å². The van der Waals surface area contributed by atoms with Gasteiger partial charge in [-0.2, -0.15) is 0 Å². The Hall–Kier alpha value is -2.12. The number of carbonyl (C=O) groups is 1. The third-order valence-electron chi connectivity index (χ3n) is 2.86. The van der Waals surface area contributed by atoms with Crippen LogP contribution in [-0.4, -0.2) is 21.0 Å². The van der Waals surface area contributed by atoms with E-state index in [2.05, 4.69) is 4.72 Å². The first-order valence-corrected chi connectivity index (χ1v) is 9.31. The summed E-state index contributed by atoms with van der Waals surface area (Å²) in [6, 6.07) is 10.7. The Balaban J connectivity index is 2.13. The van der Waals surface area contributed by atoms with Crippen LogP contribution in [0.2, 0.25) is 0 Å². The molecule has 0 aliphatic heterocycles.